The van der Waals surface area contributed by atoms with Gasteiger partial charge in [0.1, 0.15) is 0 Å². The highest BCUT2D eigenvalue weighted by molar-refractivity contribution is 14.1. The molecule has 2 rings (SSSR count). The Bertz CT molecular complexity index is 638. The number of aryl methyl sites for hydroxylation is 1. The molecule has 2 aromatic carbocycles. The maximum absolute atomic E-state index is 11.3. The summed E-state index contributed by atoms with van der Waals surface area (Å²) in [6.07, 6.45) is 0. The van der Waals surface area contributed by atoms with Crippen molar-refractivity contribution in [2.75, 3.05) is 5.32 Å². The van der Waals surface area contributed by atoms with Gasteiger partial charge < -0.3 is 10.4 Å². The van der Waals surface area contributed by atoms with Crippen LogP contribution in [0.25, 0.3) is 0 Å². The fourth-order valence-electron chi connectivity index (χ4n) is 1.83. The van der Waals surface area contributed by atoms with E-state index in [1.807, 2.05) is 38.1 Å². The van der Waals surface area contributed by atoms with Gasteiger partial charge in [-0.25, -0.2) is 4.79 Å². The zero-order chi connectivity index (χ0) is 14.0. The van der Waals surface area contributed by atoms with Crippen LogP contribution in [-0.4, -0.2) is 11.1 Å². The summed E-state index contributed by atoms with van der Waals surface area (Å²) in [5.41, 5.74) is 3.88. The molecule has 3 nitrogen and oxygen atoms in total. The van der Waals surface area contributed by atoms with Gasteiger partial charge in [-0.2, -0.15) is 0 Å². The number of hydrogen-bond acceptors (Lipinski definition) is 2. The Kier molecular flexibility index (Phi) is 4.09. The predicted octanol–water partition coefficient (Wildman–Crippen LogP) is 4.35. The van der Waals surface area contributed by atoms with Crippen LogP contribution in [0.1, 0.15) is 21.5 Å². The maximum Gasteiger partial charge on any atom is 0.337 e. The molecule has 0 spiro atoms. The molecule has 0 aliphatic rings. The normalized spacial score (nSPS) is 10.3. The van der Waals surface area contributed by atoms with Crippen LogP contribution in [-0.2, 0) is 0 Å². The van der Waals surface area contributed by atoms with Crippen molar-refractivity contribution < 1.29 is 9.90 Å². The fourth-order valence-corrected chi connectivity index (χ4v) is 2.33. The van der Waals surface area contributed by atoms with Crippen molar-refractivity contribution in [3.05, 3.63) is 56.7 Å². The number of halogens is 1. The molecule has 0 amide bonds. The summed E-state index contributed by atoms with van der Waals surface area (Å²) in [6, 6.07) is 11.3. The Balaban J connectivity index is 2.44. The Hall–Kier alpha value is -1.56. The molecule has 2 N–H and O–H groups in total. The third kappa shape index (κ3) is 3.07. The molecular formula is C15H14INO2. The molecule has 0 unspecified atom stereocenters. The lowest BCUT2D eigenvalue weighted by Gasteiger charge is -2.13. The van der Waals surface area contributed by atoms with Crippen molar-refractivity contribution in [3.8, 4) is 0 Å². The number of rotatable bonds is 3. The summed E-state index contributed by atoms with van der Waals surface area (Å²) < 4.78 is 1.14. The van der Waals surface area contributed by atoms with Crippen molar-refractivity contribution in [1.29, 1.82) is 0 Å². The molecule has 19 heavy (non-hydrogen) atoms. The highest BCUT2D eigenvalue weighted by Gasteiger charge is 2.11. The van der Waals surface area contributed by atoms with E-state index in [9.17, 15) is 9.90 Å². The van der Waals surface area contributed by atoms with E-state index in [0.29, 0.717) is 11.3 Å². The number of hydrogen-bond donors (Lipinski definition) is 2. The van der Waals surface area contributed by atoms with Crippen LogP contribution in [0.3, 0.4) is 0 Å². The summed E-state index contributed by atoms with van der Waals surface area (Å²) in [5, 5.41) is 12.5. The topological polar surface area (TPSA) is 49.3 Å². The number of carboxylic acids is 1. The van der Waals surface area contributed by atoms with E-state index in [2.05, 4.69) is 27.9 Å². The molecule has 0 bridgehead atoms. The van der Waals surface area contributed by atoms with E-state index in [4.69, 9.17) is 0 Å². The number of carboxylic acid groups (broad SMARTS) is 1. The first-order valence-electron chi connectivity index (χ1n) is 5.85. The van der Waals surface area contributed by atoms with Crippen molar-refractivity contribution in [2.24, 2.45) is 0 Å². The first kappa shape index (κ1) is 13.9. The van der Waals surface area contributed by atoms with Crippen molar-refractivity contribution in [1.82, 2.24) is 0 Å². The SMILES string of the molecule is Cc1ccc(Nc2cccc(I)c2C)c(C(=O)O)c1. The van der Waals surface area contributed by atoms with Gasteiger partial charge in [0.25, 0.3) is 0 Å². The lowest BCUT2D eigenvalue weighted by molar-refractivity contribution is 0.0698. The molecule has 0 saturated carbocycles. The molecule has 0 aliphatic heterocycles. The second kappa shape index (κ2) is 5.61. The second-order valence-corrected chi connectivity index (χ2v) is 5.55. The van der Waals surface area contributed by atoms with Gasteiger partial charge in [0.05, 0.1) is 11.3 Å². The third-order valence-corrected chi connectivity index (χ3v) is 4.11. The summed E-state index contributed by atoms with van der Waals surface area (Å²) in [4.78, 5) is 11.3. The van der Waals surface area contributed by atoms with Gasteiger partial charge in [0.15, 0.2) is 0 Å². The predicted molar refractivity (Wildman–Crippen MR) is 85.3 cm³/mol. The van der Waals surface area contributed by atoms with Crippen molar-refractivity contribution in [2.45, 2.75) is 13.8 Å². The van der Waals surface area contributed by atoms with Crippen LogP contribution in [0.15, 0.2) is 36.4 Å². The molecule has 0 radical (unpaired) electrons. The average molecular weight is 367 g/mol. The number of carbonyl (C=O) groups is 1. The van der Waals surface area contributed by atoms with Gasteiger partial charge in [-0.05, 0) is 66.3 Å². The molecule has 0 saturated heterocycles. The smallest absolute Gasteiger partial charge is 0.337 e. The van der Waals surface area contributed by atoms with Crippen LogP contribution >= 0.6 is 22.6 Å². The lowest BCUT2D eigenvalue weighted by Crippen LogP contribution is -2.04. The molecule has 0 heterocycles. The van der Waals surface area contributed by atoms with E-state index in [1.54, 1.807) is 12.1 Å². The van der Waals surface area contributed by atoms with Crippen LogP contribution < -0.4 is 5.32 Å². The van der Waals surface area contributed by atoms with Crippen LogP contribution in [0.5, 0.6) is 0 Å². The van der Waals surface area contributed by atoms with Gasteiger partial charge in [-0.15, -0.1) is 0 Å². The first-order chi connectivity index (χ1) is 8.99. The van der Waals surface area contributed by atoms with Gasteiger partial charge >= 0.3 is 5.97 Å². The van der Waals surface area contributed by atoms with Crippen molar-refractivity contribution in [3.63, 3.8) is 0 Å². The minimum absolute atomic E-state index is 0.290. The third-order valence-electron chi connectivity index (χ3n) is 2.94. The standard InChI is InChI=1S/C15H14INO2/c1-9-6-7-14(11(8-9)15(18)19)17-13-5-3-4-12(16)10(13)2/h3-8,17H,1-2H3,(H,18,19). The quantitative estimate of drug-likeness (QED) is 0.793. The molecule has 0 aromatic heterocycles. The largest absolute Gasteiger partial charge is 0.478 e. The number of nitrogens with one attached hydrogen (secondary N) is 1. The summed E-state index contributed by atoms with van der Waals surface area (Å²) in [5.74, 6) is -0.922. The number of aromatic carboxylic acids is 1. The molecule has 4 heteroatoms. The molecule has 98 valence electrons. The van der Waals surface area contributed by atoms with Gasteiger partial charge in [0.2, 0.25) is 0 Å². The first-order valence-corrected chi connectivity index (χ1v) is 6.93. The van der Waals surface area contributed by atoms with Crippen LogP contribution in [0.2, 0.25) is 0 Å². The average Bonchev–Trinajstić information content (AvgIpc) is 2.36. The highest BCUT2D eigenvalue weighted by atomic mass is 127. The zero-order valence-corrected chi connectivity index (χ0v) is 12.9. The number of benzene rings is 2. The Labute approximate surface area is 125 Å². The van der Waals surface area contributed by atoms with Gasteiger partial charge in [-0.1, -0.05) is 17.7 Å². The van der Waals surface area contributed by atoms with E-state index in [-0.39, 0.29) is 0 Å². The van der Waals surface area contributed by atoms with E-state index in [1.165, 1.54) is 0 Å². The molecular weight excluding hydrogens is 353 g/mol. The summed E-state index contributed by atoms with van der Waals surface area (Å²) in [7, 11) is 0. The van der Waals surface area contributed by atoms with Crippen LogP contribution in [0, 0.1) is 17.4 Å². The number of anilines is 2. The molecule has 0 atom stereocenters. The Morgan fingerprint density at radius 1 is 1.16 bits per heavy atom. The van der Waals surface area contributed by atoms with Gasteiger partial charge in [0, 0.05) is 9.26 Å². The monoisotopic (exact) mass is 367 g/mol. The minimum Gasteiger partial charge on any atom is -0.478 e. The van der Waals surface area contributed by atoms with E-state index >= 15 is 0 Å². The fraction of sp³-hybridized carbons (Fsp3) is 0.133. The molecule has 0 aliphatic carbocycles. The van der Waals surface area contributed by atoms with Crippen LogP contribution in [0.4, 0.5) is 11.4 Å². The van der Waals surface area contributed by atoms with Crippen molar-refractivity contribution >= 4 is 39.9 Å². The van der Waals surface area contributed by atoms with Gasteiger partial charge in [-0.3, -0.25) is 0 Å². The Morgan fingerprint density at radius 2 is 1.89 bits per heavy atom. The summed E-state index contributed by atoms with van der Waals surface area (Å²) in [6.45, 7) is 3.89. The molecule has 0 fully saturated rings. The van der Waals surface area contributed by atoms with E-state index < -0.39 is 5.97 Å². The Morgan fingerprint density at radius 3 is 2.58 bits per heavy atom. The maximum atomic E-state index is 11.3. The second-order valence-electron chi connectivity index (χ2n) is 4.39. The molecule has 2 aromatic rings. The zero-order valence-electron chi connectivity index (χ0n) is 10.7. The highest BCUT2D eigenvalue weighted by Crippen LogP contribution is 2.26. The van der Waals surface area contributed by atoms with E-state index in [0.717, 1.165) is 20.4 Å². The minimum atomic E-state index is -0.922. The summed E-state index contributed by atoms with van der Waals surface area (Å²) >= 11 is 2.26. The lowest BCUT2D eigenvalue weighted by atomic mass is 10.1.